The highest BCUT2D eigenvalue weighted by Crippen LogP contribution is 2.31. The molecule has 0 aliphatic carbocycles. The van der Waals surface area contributed by atoms with Gasteiger partial charge in [0.1, 0.15) is 5.82 Å². The number of nitrogens with one attached hydrogen (secondary N) is 2. The second-order valence-electron chi connectivity index (χ2n) is 8.60. The van der Waals surface area contributed by atoms with Gasteiger partial charge in [-0.1, -0.05) is 11.6 Å². The van der Waals surface area contributed by atoms with Crippen molar-refractivity contribution in [3.8, 4) is 11.5 Å². The zero-order valence-corrected chi connectivity index (χ0v) is 21.4. The number of morpholine rings is 1. The number of rotatable bonds is 10. The van der Waals surface area contributed by atoms with E-state index in [-0.39, 0.29) is 0 Å². The maximum atomic E-state index is 6.12. The molecule has 0 spiro atoms. The molecule has 4 aromatic rings. The summed E-state index contributed by atoms with van der Waals surface area (Å²) in [6, 6.07) is 15.1. The average molecular weight is 521 g/mol. The number of halogens is 1. The quantitative estimate of drug-likeness (QED) is 0.271. The third-order valence-electron chi connectivity index (χ3n) is 5.97. The molecule has 0 amide bonds. The lowest BCUT2D eigenvalue weighted by Gasteiger charge is -2.26. The number of methoxy groups -OCH3 is 1. The van der Waals surface area contributed by atoms with E-state index in [1.807, 2.05) is 42.5 Å². The van der Waals surface area contributed by atoms with Crippen LogP contribution in [-0.2, 0) is 4.74 Å². The maximum Gasteiger partial charge on any atom is 0.229 e. The number of hydrogen-bond donors (Lipinski definition) is 2. The van der Waals surface area contributed by atoms with E-state index < -0.39 is 0 Å². The summed E-state index contributed by atoms with van der Waals surface area (Å²) < 4.78 is 16.9. The standard InChI is InChI=1S/C27H29ClN6O3/c1-35-25-17-21(4-6-24(25)37-12-2-9-34-10-13-36-14-11-34)32-27-29-8-7-26(33-27)31-22-16-19-15-20(28)3-5-23(19)30-18-22/h3-8,15-18H,2,9-14H2,1H3,(H2,29,31,32,33). The van der Waals surface area contributed by atoms with Crippen molar-refractivity contribution in [2.75, 3.05) is 57.2 Å². The number of benzene rings is 2. The molecule has 0 atom stereocenters. The largest absolute Gasteiger partial charge is 0.493 e. The molecule has 9 nitrogen and oxygen atoms in total. The van der Waals surface area contributed by atoms with Crippen molar-refractivity contribution < 1.29 is 14.2 Å². The zero-order chi connectivity index (χ0) is 25.5. The molecule has 0 unspecified atom stereocenters. The van der Waals surface area contributed by atoms with Gasteiger partial charge < -0.3 is 24.8 Å². The fourth-order valence-corrected chi connectivity index (χ4v) is 4.28. The SMILES string of the molecule is COc1cc(Nc2nccc(Nc3cnc4ccc(Cl)cc4c3)n2)ccc1OCCCN1CCOCC1. The molecule has 1 aliphatic rings. The van der Waals surface area contributed by atoms with Crippen LogP contribution in [0.1, 0.15) is 6.42 Å². The summed E-state index contributed by atoms with van der Waals surface area (Å²) in [6.07, 6.45) is 4.39. The van der Waals surface area contributed by atoms with E-state index in [0.717, 1.165) is 61.5 Å². The number of pyridine rings is 1. The van der Waals surface area contributed by atoms with Crippen LogP contribution in [-0.4, -0.2) is 66.4 Å². The molecule has 192 valence electrons. The minimum Gasteiger partial charge on any atom is -0.493 e. The first-order valence-corrected chi connectivity index (χ1v) is 12.6. The molecule has 0 radical (unpaired) electrons. The highest BCUT2D eigenvalue weighted by atomic mass is 35.5. The average Bonchev–Trinajstić information content (AvgIpc) is 2.92. The molecule has 0 saturated carbocycles. The third kappa shape index (κ3) is 6.76. The highest BCUT2D eigenvalue weighted by Gasteiger charge is 2.11. The van der Waals surface area contributed by atoms with Crippen molar-refractivity contribution in [2.45, 2.75) is 6.42 Å². The lowest BCUT2D eigenvalue weighted by molar-refractivity contribution is 0.0357. The van der Waals surface area contributed by atoms with E-state index >= 15 is 0 Å². The molecular weight excluding hydrogens is 492 g/mol. The van der Waals surface area contributed by atoms with Crippen LogP contribution in [0.2, 0.25) is 5.02 Å². The van der Waals surface area contributed by atoms with Gasteiger partial charge in [0.25, 0.3) is 0 Å². The van der Waals surface area contributed by atoms with Gasteiger partial charge in [-0.15, -0.1) is 0 Å². The molecule has 5 rings (SSSR count). The number of hydrogen-bond acceptors (Lipinski definition) is 9. The van der Waals surface area contributed by atoms with Gasteiger partial charge in [0.15, 0.2) is 11.5 Å². The Morgan fingerprint density at radius 3 is 2.73 bits per heavy atom. The fraction of sp³-hybridized carbons (Fsp3) is 0.296. The number of aromatic nitrogens is 3. The minimum atomic E-state index is 0.447. The monoisotopic (exact) mass is 520 g/mol. The minimum absolute atomic E-state index is 0.447. The Hall–Kier alpha value is -3.66. The smallest absolute Gasteiger partial charge is 0.229 e. The molecule has 1 fully saturated rings. The van der Waals surface area contributed by atoms with E-state index in [4.69, 9.17) is 25.8 Å². The zero-order valence-electron chi connectivity index (χ0n) is 20.6. The van der Waals surface area contributed by atoms with Crippen molar-refractivity contribution in [1.82, 2.24) is 19.9 Å². The molecule has 2 N–H and O–H groups in total. The van der Waals surface area contributed by atoms with Gasteiger partial charge in [-0.2, -0.15) is 4.98 Å². The molecule has 3 heterocycles. The number of nitrogens with zero attached hydrogens (tertiary/aromatic N) is 4. The number of anilines is 4. The van der Waals surface area contributed by atoms with Crippen molar-refractivity contribution in [2.24, 2.45) is 0 Å². The van der Waals surface area contributed by atoms with Gasteiger partial charge >= 0.3 is 0 Å². The topological polar surface area (TPSA) is 93.7 Å². The summed E-state index contributed by atoms with van der Waals surface area (Å²) in [6.45, 7) is 5.19. The Labute approximate surface area is 220 Å². The second kappa shape index (κ2) is 12.1. The van der Waals surface area contributed by atoms with Crippen LogP contribution < -0.4 is 20.1 Å². The summed E-state index contributed by atoms with van der Waals surface area (Å²) in [5, 5.41) is 8.12. The molecular formula is C27H29ClN6O3. The molecule has 2 aromatic heterocycles. The predicted octanol–water partition coefficient (Wildman–Crippen LogP) is 5.28. The van der Waals surface area contributed by atoms with Gasteiger partial charge in [-0.05, 0) is 48.9 Å². The Kier molecular flexibility index (Phi) is 8.15. The maximum absolute atomic E-state index is 6.12. The Morgan fingerprint density at radius 1 is 0.973 bits per heavy atom. The summed E-state index contributed by atoms with van der Waals surface area (Å²) in [7, 11) is 1.63. The summed E-state index contributed by atoms with van der Waals surface area (Å²) in [4.78, 5) is 15.8. The third-order valence-corrected chi connectivity index (χ3v) is 6.21. The van der Waals surface area contributed by atoms with Gasteiger partial charge in [-0.3, -0.25) is 9.88 Å². The van der Waals surface area contributed by atoms with Crippen LogP contribution in [0.5, 0.6) is 11.5 Å². The Morgan fingerprint density at radius 2 is 1.86 bits per heavy atom. The lowest BCUT2D eigenvalue weighted by Crippen LogP contribution is -2.37. The van der Waals surface area contributed by atoms with E-state index in [0.29, 0.717) is 34.9 Å². The Bertz CT molecular complexity index is 1350. The van der Waals surface area contributed by atoms with Crippen LogP contribution in [0.4, 0.5) is 23.1 Å². The van der Waals surface area contributed by atoms with E-state index in [9.17, 15) is 0 Å². The normalized spacial score (nSPS) is 13.9. The van der Waals surface area contributed by atoms with Crippen molar-refractivity contribution in [3.05, 3.63) is 65.9 Å². The summed E-state index contributed by atoms with van der Waals surface area (Å²) in [5.41, 5.74) is 2.46. The fourth-order valence-electron chi connectivity index (χ4n) is 4.10. The van der Waals surface area contributed by atoms with Crippen molar-refractivity contribution in [1.29, 1.82) is 0 Å². The van der Waals surface area contributed by atoms with Crippen LogP contribution in [0.3, 0.4) is 0 Å². The molecule has 1 saturated heterocycles. The Balaban J connectivity index is 1.20. The first-order valence-electron chi connectivity index (χ1n) is 12.2. The summed E-state index contributed by atoms with van der Waals surface area (Å²) >= 11 is 6.12. The highest BCUT2D eigenvalue weighted by molar-refractivity contribution is 6.31. The molecule has 10 heteroatoms. The predicted molar refractivity (Wildman–Crippen MR) is 146 cm³/mol. The van der Waals surface area contributed by atoms with Gasteiger partial charge in [0.2, 0.25) is 5.95 Å². The van der Waals surface area contributed by atoms with Crippen molar-refractivity contribution >= 4 is 45.6 Å². The van der Waals surface area contributed by atoms with E-state index in [1.54, 1.807) is 25.6 Å². The van der Waals surface area contributed by atoms with Crippen LogP contribution >= 0.6 is 11.6 Å². The molecule has 2 aromatic carbocycles. The van der Waals surface area contributed by atoms with E-state index in [1.165, 1.54) is 0 Å². The molecule has 0 bridgehead atoms. The lowest BCUT2D eigenvalue weighted by atomic mass is 10.2. The van der Waals surface area contributed by atoms with Gasteiger partial charge in [-0.25, -0.2) is 4.98 Å². The van der Waals surface area contributed by atoms with Gasteiger partial charge in [0, 0.05) is 48.0 Å². The first-order chi connectivity index (χ1) is 18.2. The van der Waals surface area contributed by atoms with Crippen LogP contribution in [0.15, 0.2) is 60.9 Å². The van der Waals surface area contributed by atoms with Crippen LogP contribution in [0.25, 0.3) is 10.9 Å². The summed E-state index contributed by atoms with van der Waals surface area (Å²) in [5.74, 6) is 2.43. The molecule has 1 aliphatic heterocycles. The number of fused-ring (bicyclic) bond motifs is 1. The first kappa shape index (κ1) is 25.0. The number of ether oxygens (including phenoxy) is 3. The van der Waals surface area contributed by atoms with Gasteiger partial charge in [0.05, 0.1) is 44.3 Å². The molecule has 37 heavy (non-hydrogen) atoms. The van der Waals surface area contributed by atoms with E-state index in [2.05, 4.69) is 30.5 Å². The van der Waals surface area contributed by atoms with Crippen LogP contribution in [0, 0.1) is 0 Å². The second-order valence-corrected chi connectivity index (χ2v) is 9.03. The van der Waals surface area contributed by atoms with Crippen molar-refractivity contribution in [3.63, 3.8) is 0 Å².